The molecule has 7 heteroatoms. The summed E-state index contributed by atoms with van der Waals surface area (Å²) in [6.45, 7) is 2.31. The average Bonchev–Trinajstić information content (AvgIpc) is 3.32. The lowest BCUT2D eigenvalue weighted by molar-refractivity contribution is -0.130. The van der Waals surface area contributed by atoms with Crippen molar-refractivity contribution in [3.63, 3.8) is 0 Å². The Morgan fingerprint density at radius 1 is 0.946 bits per heavy atom. The Balaban J connectivity index is 1.47. The van der Waals surface area contributed by atoms with E-state index in [0.717, 1.165) is 43.5 Å². The second-order valence-corrected chi connectivity index (χ2v) is 10.0. The van der Waals surface area contributed by atoms with E-state index in [4.69, 9.17) is 14.2 Å². The van der Waals surface area contributed by atoms with Crippen LogP contribution in [-0.4, -0.2) is 74.2 Å². The topological polar surface area (TPSA) is 68.3 Å². The van der Waals surface area contributed by atoms with Gasteiger partial charge in [-0.1, -0.05) is 56.0 Å². The molecule has 7 nitrogen and oxygen atoms in total. The maximum absolute atomic E-state index is 13.2. The Labute approximate surface area is 220 Å². The number of aryl methyl sites for hydroxylation is 1. The second-order valence-electron chi connectivity index (χ2n) is 10.0. The molecule has 0 aliphatic carbocycles. The third kappa shape index (κ3) is 7.25. The molecule has 2 atom stereocenters. The summed E-state index contributed by atoms with van der Waals surface area (Å²) >= 11 is 0. The zero-order chi connectivity index (χ0) is 26.0. The molecule has 1 fully saturated rings. The van der Waals surface area contributed by atoms with E-state index in [-0.39, 0.29) is 24.0 Å². The van der Waals surface area contributed by atoms with E-state index in [9.17, 15) is 9.59 Å². The lowest BCUT2D eigenvalue weighted by Crippen LogP contribution is -2.34. The highest BCUT2D eigenvalue weighted by Crippen LogP contribution is 2.27. The van der Waals surface area contributed by atoms with Crippen LogP contribution in [0.3, 0.4) is 0 Å². The third-order valence-corrected chi connectivity index (χ3v) is 7.33. The molecule has 0 N–H and O–H groups in total. The number of carbonyl (C=O) groups excluding carboxylic acids is 2. The molecule has 0 bridgehead atoms. The first kappa shape index (κ1) is 27.0. The van der Waals surface area contributed by atoms with Crippen LogP contribution in [0.15, 0.2) is 48.5 Å². The van der Waals surface area contributed by atoms with E-state index in [1.807, 2.05) is 60.5 Å². The Hall–Kier alpha value is -3.06. The maximum Gasteiger partial charge on any atom is 0.257 e. The van der Waals surface area contributed by atoms with Gasteiger partial charge in [0.05, 0.1) is 25.8 Å². The molecule has 2 aromatic rings. The van der Waals surface area contributed by atoms with Gasteiger partial charge >= 0.3 is 0 Å². The van der Waals surface area contributed by atoms with Crippen molar-refractivity contribution in [2.75, 3.05) is 40.4 Å². The summed E-state index contributed by atoms with van der Waals surface area (Å²) in [6, 6.07) is 15.2. The van der Waals surface area contributed by atoms with Crippen molar-refractivity contribution < 1.29 is 23.8 Å². The van der Waals surface area contributed by atoms with Crippen LogP contribution < -0.4 is 9.47 Å². The van der Waals surface area contributed by atoms with Crippen LogP contribution in [0.2, 0.25) is 0 Å². The summed E-state index contributed by atoms with van der Waals surface area (Å²) in [5.41, 5.74) is 1.57. The molecular weight excluding hydrogens is 468 g/mol. The SMILES string of the molecule is COc1ccccc1CCC(=O)N1C[C@H]2OCCCCCCCCN(C)C(=O)c3ccccc3O[C@@H]2C1. The van der Waals surface area contributed by atoms with Crippen molar-refractivity contribution in [2.45, 2.75) is 63.6 Å². The van der Waals surface area contributed by atoms with Gasteiger partial charge in [0, 0.05) is 26.6 Å². The predicted molar refractivity (Wildman–Crippen MR) is 143 cm³/mol. The Kier molecular flexibility index (Phi) is 9.83. The molecule has 0 radical (unpaired) electrons. The first-order valence-corrected chi connectivity index (χ1v) is 13.6. The van der Waals surface area contributed by atoms with Crippen LogP contribution in [0.25, 0.3) is 0 Å². The van der Waals surface area contributed by atoms with Crippen molar-refractivity contribution in [3.8, 4) is 11.5 Å². The van der Waals surface area contributed by atoms with E-state index in [1.165, 1.54) is 12.8 Å². The fourth-order valence-electron chi connectivity index (χ4n) is 5.14. The van der Waals surface area contributed by atoms with Crippen LogP contribution in [-0.2, 0) is 16.0 Å². The smallest absolute Gasteiger partial charge is 0.257 e. The van der Waals surface area contributed by atoms with Gasteiger partial charge in [0.2, 0.25) is 5.91 Å². The van der Waals surface area contributed by atoms with Gasteiger partial charge in [-0.05, 0) is 43.0 Å². The van der Waals surface area contributed by atoms with Gasteiger partial charge in [-0.3, -0.25) is 9.59 Å². The number of likely N-dealkylation sites (tertiary alicyclic amines) is 1. The molecular formula is C30H40N2O5. The molecule has 2 heterocycles. The number of amides is 2. The molecule has 0 aromatic heterocycles. The summed E-state index contributed by atoms with van der Waals surface area (Å²) in [6.07, 6.45) is 7.01. The lowest BCUT2D eigenvalue weighted by atomic mass is 10.1. The fourth-order valence-corrected chi connectivity index (χ4v) is 5.14. The summed E-state index contributed by atoms with van der Waals surface area (Å²) in [4.78, 5) is 30.0. The highest BCUT2D eigenvalue weighted by atomic mass is 16.5. The molecule has 2 aromatic carbocycles. The number of benzene rings is 2. The van der Waals surface area contributed by atoms with E-state index in [1.54, 1.807) is 12.0 Å². The van der Waals surface area contributed by atoms with Gasteiger partial charge in [-0.2, -0.15) is 0 Å². The highest BCUT2D eigenvalue weighted by Gasteiger charge is 2.38. The molecule has 0 saturated carbocycles. The number of carbonyl (C=O) groups is 2. The standard InChI is InChI=1S/C30H40N2O5/c1-31-19-11-5-3-4-6-12-20-36-27-21-32(29(33)18-17-23-13-7-9-15-25(23)35-2)22-28(27)37-26-16-10-8-14-24(26)30(31)34/h7-10,13-16,27-28H,3-6,11-12,17-22H2,1-2H3/t27-,28-/m1/s1. The molecule has 2 aliphatic rings. The lowest BCUT2D eigenvalue weighted by Gasteiger charge is -2.24. The Morgan fingerprint density at radius 3 is 2.49 bits per heavy atom. The van der Waals surface area contributed by atoms with Crippen LogP contribution >= 0.6 is 0 Å². The van der Waals surface area contributed by atoms with Crippen molar-refractivity contribution >= 4 is 11.8 Å². The largest absolute Gasteiger partial charge is 0.496 e. The predicted octanol–water partition coefficient (Wildman–Crippen LogP) is 4.73. The molecule has 37 heavy (non-hydrogen) atoms. The monoisotopic (exact) mass is 508 g/mol. The Bertz CT molecular complexity index is 1040. The summed E-state index contributed by atoms with van der Waals surface area (Å²) in [5.74, 6) is 1.38. The first-order chi connectivity index (χ1) is 18.1. The number of nitrogens with zero attached hydrogens (tertiary/aromatic N) is 2. The van der Waals surface area contributed by atoms with Gasteiger partial charge in [0.25, 0.3) is 5.91 Å². The quantitative estimate of drug-likeness (QED) is 0.597. The van der Waals surface area contributed by atoms with Gasteiger partial charge in [-0.15, -0.1) is 0 Å². The number of rotatable bonds is 4. The molecule has 2 aliphatic heterocycles. The normalized spacial score (nSPS) is 21.6. The summed E-state index contributed by atoms with van der Waals surface area (Å²) in [5, 5.41) is 0. The minimum absolute atomic E-state index is 0.0390. The number of hydrogen-bond donors (Lipinski definition) is 0. The Morgan fingerprint density at radius 2 is 1.65 bits per heavy atom. The van der Waals surface area contributed by atoms with E-state index < -0.39 is 0 Å². The minimum Gasteiger partial charge on any atom is -0.496 e. The third-order valence-electron chi connectivity index (χ3n) is 7.33. The number of ether oxygens (including phenoxy) is 3. The second kappa shape index (κ2) is 13.5. The van der Waals surface area contributed by atoms with Gasteiger partial charge in [-0.25, -0.2) is 0 Å². The zero-order valence-electron chi connectivity index (χ0n) is 22.2. The van der Waals surface area contributed by atoms with Crippen molar-refractivity contribution in [1.82, 2.24) is 9.80 Å². The summed E-state index contributed by atoms with van der Waals surface area (Å²) < 4.78 is 18.1. The van der Waals surface area contributed by atoms with Gasteiger partial charge in [0.1, 0.15) is 23.7 Å². The number of methoxy groups -OCH3 is 1. The van der Waals surface area contributed by atoms with E-state index >= 15 is 0 Å². The molecule has 0 spiro atoms. The summed E-state index contributed by atoms with van der Waals surface area (Å²) in [7, 11) is 3.50. The number of para-hydroxylation sites is 2. The number of hydrogen-bond acceptors (Lipinski definition) is 5. The first-order valence-electron chi connectivity index (χ1n) is 13.6. The van der Waals surface area contributed by atoms with Crippen molar-refractivity contribution in [2.24, 2.45) is 0 Å². The molecule has 200 valence electrons. The minimum atomic E-state index is -0.331. The molecule has 2 amide bonds. The van der Waals surface area contributed by atoms with Crippen LogP contribution in [0.1, 0.15) is 60.9 Å². The van der Waals surface area contributed by atoms with Gasteiger partial charge < -0.3 is 24.0 Å². The van der Waals surface area contributed by atoms with Gasteiger partial charge in [0.15, 0.2) is 0 Å². The molecule has 0 unspecified atom stereocenters. The molecule has 4 rings (SSSR count). The van der Waals surface area contributed by atoms with E-state index in [2.05, 4.69) is 0 Å². The van der Waals surface area contributed by atoms with Crippen molar-refractivity contribution in [3.05, 3.63) is 59.7 Å². The van der Waals surface area contributed by atoms with E-state index in [0.29, 0.717) is 43.9 Å². The maximum atomic E-state index is 13.2. The average molecular weight is 509 g/mol. The molecule has 1 saturated heterocycles. The van der Waals surface area contributed by atoms with Crippen molar-refractivity contribution in [1.29, 1.82) is 0 Å². The van der Waals surface area contributed by atoms with Crippen LogP contribution in [0, 0.1) is 0 Å². The number of fused-ring (bicyclic) bond motifs is 2. The van der Waals surface area contributed by atoms with Crippen LogP contribution in [0.5, 0.6) is 11.5 Å². The highest BCUT2D eigenvalue weighted by molar-refractivity contribution is 5.96. The zero-order valence-corrected chi connectivity index (χ0v) is 22.2. The fraction of sp³-hybridized carbons (Fsp3) is 0.533. The van der Waals surface area contributed by atoms with Crippen LogP contribution in [0.4, 0.5) is 0 Å².